The van der Waals surface area contributed by atoms with E-state index in [0.29, 0.717) is 0 Å². The molecule has 0 saturated heterocycles. The SMILES string of the molecule is CC(=O)C(C)OC(=O)c1ccc(S(=O)(=O)N(C)C)cc1. The molecule has 7 heteroatoms. The van der Waals surface area contributed by atoms with Crippen molar-refractivity contribution in [3.8, 4) is 0 Å². The summed E-state index contributed by atoms with van der Waals surface area (Å²) in [7, 11) is -0.683. The van der Waals surface area contributed by atoms with Crippen molar-refractivity contribution in [2.45, 2.75) is 24.8 Å². The molecule has 0 fully saturated rings. The fraction of sp³-hybridized carbons (Fsp3) is 0.385. The first-order valence-electron chi connectivity index (χ1n) is 5.90. The van der Waals surface area contributed by atoms with E-state index in [1.165, 1.54) is 52.2 Å². The molecule has 0 amide bonds. The monoisotopic (exact) mass is 299 g/mol. The number of carbonyl (C=O) groups is 2. The average Bonchev–Trinajstić information content (AvgIpc) is 2.38. The van der Waals surface area contributed by atoms with Crippen LogP contribution in [0.15, 0.2) is 29.2 Å². The first-order chi connectivity index (χ1) is 9.16. The molecule has 1 unspecified atom stereocenters. The number of nitrogens with zero attached hydrogens (tertiary/aromatic N) is 1. The molecule has 0 heterocycles. The maximum absolute atomic E-state index is 11.8. The Kier molecular flexibility index (Phi) is 5.02. The minimum atomic E-state index is -3.53. The van der Waals surface area contributed by atoms with E-state index < -0.39 is 22.1 Å². The van der Waals surface area contributed by atoms with Crippen molar-refractivity contribution in [1.29, 1.82) is 0 Å². The number of sulfonamides is 1. The molecular formula is C13H17NO5S. The predicted molar refractivity (Wildman–Crippen MR) is 72.9 cm³/mol. The molecule has 0 radical (unpaired) electrons. The molecule has 0 aliphatic rings. The van der Waals surface area contributed by atoms with Crippen LogP contribution in [0.2, 0.25) is 0 Å². The van der Waals surface area contributed by atoms with Crippen LogP contribution in [-0.2, 0) is 19.6 Å². The van der Waals surface area contributed by atoms with Gasteiger partial charge in [0.05, 0.1) is 10.5 Å². The normalized spacial score (nSPS) is 13.1. The maximum atomic E-state index is 11.8. The van der Waals surface area contributed by atoms with Gasteiger partial charge in [-0.15, -0.1) is 0 Å². The minimum Gasteiger partial charge on any atom is -0.451 e. The van der Waals surface area contributed by atoms with Crippen LogP contribution in [-0.4, -0.2) is 44.7 Å². The van der Waals surface area contributed by atoms with Crippen LogP contribution < -0.4 is 0 Å². The third kappa shape index (κ3) is 3.64. The van der Waals surface area contributed by atoms with E-state index in [9.17, 15) is 18.0 Å². The summed E-state index contributed by atoms with van der Waals surface area (Å²) >= 11 is 0. The molecule has 0 saturated carbocycles. The van der Waals surface area contributed by atoms with Gasteiger partial charge in [-0.05, 0) is 38.1 Å². The second kappa shape index (κ2) is 6.15. The van der Waals surface area contributed by atoms with Crippen molar-refractivity contribution in [3.63, 3.8) is 0 Å². The fourth-order valence-electron chi connectivity index (χ4n) is 1.29. The Morgan fingerprint density at radius 1 is 1.15 bits per heavy atom. The maximum Gasteiger partial charge on any atom is 0.338 e. The third-order valence-electron chi connectivity index (χ3n) is 2.72. The molecule has 1 atom stereocenters. The first-order valence-corrected chi connectivity index (χ1v) is 7.34. The van der Waals surface area contributed by atoms with E-state index >= 15 is 0 Å². The van der Waals surface area contributed by atoms with Crippen LogP contribution in [0.3, 0.4) is 0 Å². The standard InChI is InChI=1S/C13H17NO5S/c1-9(15)10(2)19-13(16)11-5-7-12(8-6-11)20(17,18)14(3)4/h5-8,10H,1-4H3. The van der Waals surface area contributed by atoms with Crippen molar-refractivity contribution in [3.05, 3.63) is 29.8 Å². The number of benzene rings is 1. The molecule has 1 aromatic carbocycles. The summed E-state index contributed by atoms with van der Waals surface area (Å²) in [5, 5.41) is 0. The van der Waals surface area contributed by atoms with E-state index in [2.05, 4.69) is 0 Å². The summed E-state index contributed by atoms with van der Waals surface area (Å²) < 4.78 is 29.7. The number of hydrogen-bond donors (Lipinski definition) is 0. The molecule has 0 N–H and O–H groups in total. The Morgan fingerprint density at radius 2 is 1.65 bits per heavy atom. The Bertz CT molecular complexity index is 604. The summed E-state index contributed by atoms with van der Waals surface area (Å²) in [6.07, 6.45) is -0.826. The van der Waals surface area contributed by atoms with Gasteiger partial charge in [-0.1, -0.05) is 0 Å². The largest absolute Gasteiger partial charge is 0.451 e. The number of rotatable bonds is 5. The van der Waals surface area contributed by atoms with Crippen LogP contribution in [0.25, 0.3) is 0 Å². The molecule has 0 aliphatic carbocycles. The lowest BCUT2D eigenvalue weighted by atomic mass is 10.2. The van der Waals surface area contributed by atoms with E-state index in [-0.39, 0.29) is 16.2 Å². The quantitative estimate of drug-likeness (QED) is 0.760. The molecule has 0 spiro atoms. The van der Waals surface area contributed by atoms with Crippen LogP contribution >= 0.6 is 0 Å². The molecule has 0 aromatic heterocycles. The van der Waals surface area contributed by atoms with Crippen LogP contribution in [0, 0.1) is 0 Å². The second-order valence-corrected chi connectivity index (χ2v) is 6.62. The van der Waals surface area contributed by atoms with Crippen molar-refractivity contribution in [2.24, 2.45) is 0 Å². The average molecular weight is 299 g/mol. The minimum absolute atomic E-state index is 0.0821. The zero-order valence-corrected chi connectivity index (χ0v) is 12.6. The number of hydrogen-bond acceptors (Lipinski definition) is 5. The Morgan fingerprint density at radius 3 is 2.05 bits per heavy atom. The number of ether oxygens (including phenoxy) is 1. The van der Waals surface area contributed by atoms with Crippen molar-refractivity contribution in [2.75, 3.05) is 14.1 Å². The van der Waals surface area contributed by atoms with Gasteiger partial charge in [0, 0.05) is 14.1 Å². The third-order valence-corrected chi connectivity index (χ3v) is 4.55. The number of carbonyl (C=O) groups excluding carboxylic acids is 2. The van der Waals surface area contributed by atoms with Crippen molar-refractivity contribution in [1.82, 2.24) is 4.31 Å². The number of esters is 1. The van der Waals surface area contributed by atoms with Gasteiger partial charge in [0.15, 0.2) is 11.9 Å². The van der Waals surface area contributed by atoms with Crippen LogP contribution in [0.5, 0.6) is 0 Å². The molecule has 20 heavy (non-hydrogen) atoms. The highest BCUT2D eigenvalue weighted by atomic mass is 32.2. The van der Waals surface area contributed by atoms with Crippen molar-refractivity contribution >= 4 is 21.8 Å². The molecule has 0 bridgehead atoms. The topological polar surface area (TPSA) is 80.8 Å². The molecule has 110 valence electrons. The van der Waals surface area contributed by atoms with Gasteiger partial charge >= 0.3 is 5.97 Å². The van der Waals surface area contributed by atoms with Gasteiger partial charge in [0.25, 0.3) is 0 Å². The van der Waals surface area contributed by atoms with Crippen molar-refractivity contribution < 1.29 is 22.7 Å². The zero-order valence-electron chi connectivity index (χ0n) is 11.8. The summed E-state index contributed by atoms with van der Waals surface area (Å²) in [4.78, 5) is 22.8. The summed E-state index contributed by atoms with van der Waals surface area (Å²) in [6.45, 7) is 2.80. The highest BCUT2D eigenvalue weighted by Gasteiger charge is 2.19. The van der Waals surface area contributed by atoms with Crippen LogP contribution in [0.1, 0.15) is 24.2 Å². The van der Waals surface area contributed by atoms with Crippen LogP contribution in [0.4, 0.5) is 0 Å². The van der Waals surface area contributed by atoms with Gasteiger partial charge < -0.3 is 4.74 Å². The summed E-state index contributed by atoms with van der Waals surface area (Å²) in [5.41, 5.74) is 0.191. The number of ketones is 1. The zero-order chi connectivity index (χ0) is 15.5. The van der Waals surface area contributed by atoms with E-state index in [0.717, 1.165) is 4.31 Å². The molecule has 0 aliphatic heterocycles. The van der Waals surface area contributed by atoms with E-state index in [1.54, 1.807) is 0 Å². The molecule has 6 nitrogen and oxygen atoms in total. The van der Waals surface area contributed by atoms with Gasteiger partial charge in [-0.25, -0.2) is 17.5 Å². The molecule has 1 aromatic rings. The smallest absolute Gasteiger partial charge is 0.338 e. The molecular weight excluding hydrogens is 282 g/mol. The lowest BCUT2D eigenvalue weighted by molar-refractivity contribution is -0.124. The highest BCUT2D eigenvalue weighted by molar-refractivity contribution is 7.89. The summed E-state index contributed by atoms with van der Waals surface area (Å²) in [5.74, 6) is -0.924. The number of Topliss-reactive ketones (excluding diaryl/α,β-unsaturated/α-hetero) is 1. The Hall–Kier alpha value is -1.73. The van der Waals surface area contributed by atoms with E-state index in [1.807, 2.05) is 0 Å². The van der Waals surface area contributed by atoms with Gasteiger partial charge in [-0.3, -0.25) is 4.79 Å². The lowest BCUT2D eigenvalue weighted by Crippen LogP contribution is -2.23. The Labute approximate surface area is 118 Å². The van der Waals surface area contributed by atoms with Gasteiger partial charge in [0.2, 0.25) is 10.0 Å². The first kappa shape index (κ1) is 16.3. The lowest BCUT2D eigenvalue weighted by Gasteiger charge is -2.12. The predicted octanol–water partition coefficient (Wildman–Crippen LogP) is 1.07. The van der Waals surface area contributed by atoms with Gasteiger partial charge in [-0.2, -0.15) is 0 Å². The summed E-state index contributed by atoms with van der Waals surface area (Å²) in [6, 6.07) is 5.35. The fourth-order valence-corrected chi connectivity index (χ4v) is 2.19. The second-order valence-electron chi connectivity index (χ2n) is 4.47. The van der Waals surface area contributed by atoms with E-state index in [4.69, 9.17) is 4.74 Å². The Balaban J connectivity index is 2.92. The van der Waals surface area contributed by atoms with Gasteiger partial charge in [0.1, 0.15) is 0 Å². The highest BCUT2D eigenvalue weighted by Crippen LogP contribution is 2.15. The molecule has 1 rings (SSSR count).